The Morgan fingerprint density at radius 2 is 2.00 bits per heavy atom. The maximum Gasteiger partial charge on any atom is 0.327 e. The Bertz CT molecular complexity index is 761. The fourth-order valence-corrected chi connectivity index (χ4v) is 1.75. The van der Waals surface area contributed by atoms with Crippen molar-refractivity contribution in [2.24, 2.45) is 0 Å². The quantitative estimate of drug-likeness (QED) is 0.688. The minimum Gasteiger partial charge on any atom is -0.422 e. The van der Waals surface area contributed by atoms with Crippen LogP contribution in [0.4, 0.5) is 0 Å². The average Bonchev–Trinajstić information content (AvgIpc) is 2.79. The van der Waals surface area contributed by atoms with Crippen LogP contribution >= 0.6 is 23.2 Å². The van der Waals surface area contributed by atoms with Crippen LogP contribution in [0.2, 0.25) is 10.0 Å². The van der Waals surface area contributed by atoms with Gasteiger partial charge in [0, 0.05) is 0 Å². The fourth-order valence-electron chi connectivity index (χ4n) is 1.50. The Kier molecular flexibility index (Phi) is 2.57. The number of hydrogen-bond acceptors (Lipinski definition) is 4. The molecule has 18 heavy (non-hydrogen) atoms. The van der Waals surface area contributed by atoms with Gasteiger partial charge in [0.05, 0.1) is 11.2 Å². The number of rotatable bonds is 1. The van der Waals surface area contributed by atoms with E-state index < -0.39 is 5.56 Å². The molecule has 90 valence electrons. The highest BCUT2D eigenvalue weighted by molar-refractivity contribution is 6.41. The maximum atomic E-state index is 11.9. The van der Waals surface area contributed by atoms with E-state index in [9.17, 15) is 4.79 Å². The molecule has 2 aromatic heterocycles. The summed E-state index contributed by atoms with van der Waals surface area (Å²) in [6.45, 7) is 0. The number of hydrogen-bond donors (Lipinski definition) is 0. The number of oxazole rings is 1. The lowest BCUT2D eigenvalue weighted by molar-refractivity contribution is 0.531. The molecule has 0 aliphatic carbocycles. The number of halogens is 2. The second kappa shape index (κ2) is 4.12. The minimum atomic E-state index is -0.573. The molecule has 0 saturated carbocycles. The van der Waals surface area contributed by atoms with Gasteiger partial charge in [-0.1, -0.05) is 35.3 Å². The highest BCUT2D eigenvalue weighted by Crippen LogP contribution is 2.19. The SMILES string of the molecule is O=c1c(Cl)c(Cl)cnn1-c1nc2ccccc2o1. The van der Waals surface area contributed by atoms with E-state index in [-0.39, 0.29) is 16.1 Å². The van der Waals surface area contributed by atoms with E-state index in [1.54, 1.807) is 12.1 Å². The van der Waals surface area contributed by atoms with Gasteiger partial charge in [0.15, 0.2) is 5.58 Å². The van der Waals surface area contributed by atoms with Crippen molar-refractivity contribution in [3.8, 4) is 6.01 Å². The van der Waals surface area contributed by atoms with Crippen LogP contribution in [0.25, 0.3) is 17.1 Å². The van der Waals surface area contributed by atoms with E-state index in [0.717, 1.165) is 4.68 Å². The molecular weight excluding hydrogens is 277 g/mol. The van der Waals surface area contributed by atoms with Crippen LogP contribution in [0.5, 0.6) is 0 Å². The zero-order chi connectivity index (χ0) is 12.7. The number of nitrogens with zero attached hydrogens (tertiary/aromatic N) is 3. The highest BCUT2D eigenvalue weighted by atomic mass is 35.5. The van der Waals surface area contributed by atoms with Crippen molar-refractivity contribution in [3.05, 3.63) is 50.9 Å². The van der Waals surface area contributed by atoms with Gasteiger partial charge in [0.2, 0.25) is 0 Å². The predicted molar refractivity (Wildman–Crippen MR) is 67.4 cm³/mol. The van der Waals surface area contributed by atoms with Crippen LogP contribution in [0.1, 0.15) is 0 Å². The maximum absolute atomic E-state index is 11.9. The Morgan fingerprint density at radius 1 is 1.22 bits per heavy atom. The summed E-state index contributed by atoms with van der Waals surface area (Å²) in [6.07, 6.45) is 1.26. The molecule has 0 unspecified atom stereocenters. The third kappa shape index (κ3) is 1.68. The first kappa shape index (κ1) is 11.3. The lowest BCUT2D eigenvalue weighted by atomic mass is 10.3. The van der Waals surface area contributed by atoms with Crippen molar-refractivity contribution >= 4 is 34.3 Å². The smallest absolute Gasteiger partial charge is 0.327 e. The van der Waals surface area contributed by atoms with E-state index >= 15 is 0 Å². The molecule has 0 saturated heterocycles. The van der Waals surface area contributed by atoms with Crippen LogP contribution in [0.3, 0.4) is 0 Å². The summed E-state index contributed by atoms with van der Waals surface area (Å²) in [5.74, 6) is 0. The van der Waals surface area contributed by atoms with E-state index in [2.05, 4.69) is 10.1 Å². The largest absolute Gasteiger partial charge is 0.422 e. The summed E-state index contributed by atoms with van der Waals surface area (Å²) in [5, 5.41) is 3.81. The van der Waals surface area contributed by atoms with Gasteiger partial charge in [0.1, 0.15) is 10.5 Å². The fraction of sp³-hybridized carbons (Fsp3) is 0. The van der Waals surface area contributed by atoms with Gasteiger partial charge in [-0.25, -0.2) is 0 Å². The molecule has 0 fully saturated rings. The molecule has 0 amide bonds. The van der Waals surface area contributed by atoms with E-state index in [0.29, 0.717) is 11.1 Å². The van der Waals surface area contributed by atoms with Crippen LogP contribution in [-0.2, 0) is 0 Å². The first-order chi connectivity index (χ1) is 8.66. The molecule has 0 atom stereocenters. The topological polar surface area (TPSA) is 60.9 Å². The van der Waals surface area contributed by atoms with Gasteiger partial charge in [-0.2, -0.15) is 10.1 Å². The first-order valence-electron chi connectivity index (χ1n) is 4.96. The molecule has 1 aromatic carbocycles. The van der Waals surface area contributed by atoms with Gasteiger partial charge >= 0.3 is 6.01 Å². The van der Waals surface area contributed by atoms with E-state index in [4.69, 9.17) is 27.6 Å². The van der Waals surface area contributed by atoms with E-state index in [1.807, 2.05) is 12.1 Å². The number of aromatic nitrogens is 3. The molecule has 7 heteroatoms. The molecule has 0 spiro atoms. The third-order valence-corrected chi connectivity index (χ3v) is 3.09. The Hall–Kier alpha value is -1.85. The number of fused-ring (bicyclic) bond motifs is 1. The Morgan fingerprint density at radius 3 is 2.78 bits per heavy atom. The number of benzene rings is 1. The predicted octanol–water partition coefficient (Wildman–Crippen LogP) is 2.68. The van der Waals surface area contributed by atoms with Crippen molar-refractivity contribution in [2.75, 3.05) is 0 Å². The van der Waals surface area contributed by atoms with Crippen LogP contribution in [0, 0.1) is 0 Å². The van der Waals surface area contributed by atoms with Crippen molar-refractivity contribution < 1.29 is 4.42 Å². The van der Waals surface area contributed by atoms with Crippen LogP contribution < -0.4 is 5.56 Å². The number of para-hydroxylation sites is 2. The van der Waals surface area contributed by atoms with Crippen LogP contribution in [-0.4, -0.2) is 14.8 Å². The summed E-state index contributed by atoms with van der Waals surface area (Å²) in [5.41, 5.74) is 0.621. The molecule has 0 radical (unpaired) electrons. The van der Waals surface area contributed by atoms with Gasteiger partial charge in [-0.05, 0) is 12.1 Å². The standard InChI is InChI=1S/C11H5Cl2N3O2/c12-6-5-14-16(10(17)9(6)13)11-15-7-3-1-2-4-8(7)18-11/h1-5H. The summed E-state index contributed by atoms with van der Waals surface area (Å²) < 4.78 is 6.38. The summed E-state index contributed by atoms with van der Waals surface area (Å²) in [4.78, 5) is 16.0. The highest BCUT2D eigenvalue weighted by Gasteiger charge is 2.13. The molecule has 0 aliphatic rings. The average molecular weight is 282 g/mol. The third-order valence-electron chi connectivity index (χ3n) is 2.34. The second-order valence-electron chi connectivity index (χ2n) is 3.49. The van der Waals surface area contributed by atoms with Gasteiger partial charge in [0.25, 0.3) is 5.56 Å². The van der Waals surface area contributed by atoms with Gasteiger partial charge in [-0.15, -0.1) is 4.68 Å². The molecular formula is C11H5Cl2N3O2. The molecule has 2 heterocycles. The minimum absolute atomic E-state index is 0.0553. The van der Waals surface area contributed by atoms with E-state index in [1.165, 1.54) is 6.20 Å². The van der Waals surface area contributed by atoms with Gasteiger partial charge < -0.3 is 4.42 Å². The normalized spacial score (nSPS) is 11.0. The second-order valence-corrected chi connectivity index (χ2v) is 4.27. The zero-order valence-corrected chi connectivity index (χ0v) is 10.3. The molecule has 0 N–H and O–H groups in total. The summed E-state index contributed by atoms with van der Waals surface area (Å²) in [6, 6.07) is 7.20. The molecule has 5 nitrogen and oxygen atoms in total. The van der Waals surface area contributed by atoms with Crippen molar-refractivity contribution in [1.29, 1.82) is 0 Å². The lowest BCUT2D eigenvalue weighted by Gasteiger charge is -1.99. The summed E-state index contributed by atoms with van der Waals surface area (Å²) >= 11 is 11.4. The summed E-state index contributed by atoms with van der Waals surface area (Å²) in [7, 11) is 0. The molecule has 0 aliphatic heterocycles. The zero-order valence-electron chi connectivity index (χ0n) is 8.80. The molecule has 3 aromatic rings. The van der Waals surface area contributed by atoms with Crippen LogP contribution in [0.15, 0.2) is 39.7 Å². The lowest BCUT2D eigenvalue weighted by Crippen LogP contribution is -2.21. The Labute approximate surface area is 111 Å². The Balaban J connectivity index is 2.26. The van der Waals surface area contributed by atoms with Gasteiger partial charge in [-0.3, -0.25) is 4.79 Å². The molecule has 0 bridgehead atoms. The van der Waals surface area contributed by atoms with Crippen molar-refractivity contribution in [3.63, 3.8) is 0 Å². The van der Waals surface area contributed by atoms with Crippen molar-refractivity contribution in [1.82, 2.24) is 14.8 Å². The molecule has 3 rings (SSSR count). The first-order valence-corrected chi connectivity index (χ1v) is 5.71. The monoisotopic (exact) mass is 281 g/mol. The van der Waals surface area contributed by atoms with Crippen molar-refractivity contribution in [2.45, 2.75) is 0 Å².